The van der Waals surface area contributed by atoms with E-state index in [2.05, 4.69) is 41.3 Å². The molecule has 4 rings (SSSR count). The van der Waals surface area contributed by atoms with Crippen molar-refractivity contribution in [1.82, 2.24) is 9.97 Å². The topological polar surface area (TPSA) is 59.4 Å². The summed E-state index contributed by atoms with van der Waals surface area (Å²) >= 11 is 0. The lowest BCUT2D eigenvalue weighted by molar-refractivity contribution is -0.908. The van der Waals surface area contributed by atoms with Crippen LogP contribution >= 0.6 is 0 Å². The number of hydrogen-bond acceptors (Lipinski definition) is 3. The molecule has 0 spiro atoms. The van der Waals surface area contributed by atoms with Gasteiger partial charge >= 0.3 is 0 Å². The summed E-state index contributed by atoms with van der Waals surface area (Å²) in [7, 11) is 3.78. The van der Waals surface area contributed by atoms with E-state index in [-0.39, 0.29) is 5.56 Å². The highest BCUT2D eigenvalue weighted by atomic mass is 16.5. The van der Waals surface area contributed by atoms with Crippen LogP contribution in [0.1, 0.15) is 11.4 Å². The van der Waals surface area contributed by atoms with Crippen LogP contribution in [0.25, 0.3) is 21.7 Å². The molecule has 27 heavy (non-hydrogen) atoms. The SMILES string of the molecule is COc1ccc2cc(C[NH+](C)Cc3nc4ccccc4c(=O)[nH]3)ccc2c1. The van der Waals surface area contributed by atoms with Gasteiger partial charge in [-0.2, -0.15) is 0 Å². The summed E-state index contributed by atoms with van der Waals surface area (Å²) in [4.78, 5) is 21.0. The number of methoxy groups -OCH3 is 1. The largest absolute Gasteiger partial charge is 0.497 e. The van der Waals surface area contributed by atoms with Crippen LogP contribution in [0, 0.1) is 0 Å². The maximum atomic E-state index is 12.2. The van der Waals surface area contributed by atoms with E-state index in [9.17, 15) is 4.79 Å². The number of nitrogens with zero attached hydrogens (tertiary/aromatic N) is 1. The first-order chi connectivity index (χ1) is 13.1. The third kappa shape index (κ3) is 3.68. The van der Waals surface area contributed by atoms with Crippen LogP contribution in [-0.4, -0.2) is 24.1 Å². The van der Waals surface area contributed by atoms with E-state index in [0.717, 1.165) is 23.2 Å². The Kier molecular flexibility index (Phi) is 4.60. The van der Waals surface area contributed by atoms with E-state index in [1.807, 2.05) is 30.3 Å². The summed E-state index contributed by atoms with van der Waals surface area (Å²) in [5.41, 5.74) is 1.90. The van der Waals surface area contributed by atoms with Crippen LogP contribution in [0.4, 0.5) is 0 Å². The summed E-state index contributed by atoms with van der Waals surface area (Å²) in [5, 5.41) is 2.98. The van der Waals surface area contributed by atoms with E-state index in [0.29, 0.717) is 17.8 Å². The summed E-state index contributed by atoms with van der Waals surface area (Å²) in [6.45, 7) is 1.50. The zero-order valence-electron chi connectivity index (χ0n) is 15.5. The van der Waals surface area contributed by atoms with Gasteiger partial charge in [0.15, 0.2) is 5.82 Å². The van der Waals surface area contributed by atoms with Gasteiger partial charge in [0.2, 0.25) is 0 Å². The van der Waals surface area contributed by atoms with E-state index < -0.39 is 0 Å². The van der Waals surface area contributed by atoms with Crippen molar-refractivity contribution >= 4 is 21.7 Å². The third-order valence-electron chi connectivity index (χ3n) is 4.75. The van der Waals surface area contributed by atoms with Gasteiger partial charge in [-0.1, -0.05) is 30.3 Å². The lowest BCUT2D eigenvalue weighted by Gasteiger charge is -2.14. The molecule has 0 fully saturated rings. The Labute approximate surface area is 157 Å². The summed E-state index contributed by atoms with van der Waals surface area (Å²) in [6.07, 6.45) is 0. The van der Waals surface area contributed by atoms with Crippen molar-refractivity contribution in [1.29, 1.82) is 0 Å². The van der Waals surface area contributed by atoms with Gasteiger partial charge in [-0.25, -0.2) is 4.98 Å². The van der Waals surface area contributed by atoms with Crippen molar-refractivity contribution in [3.05, 3.63) is 82.4 Å². The van der Waals surface area contributed by atoms with Gasteiger partial charge in [-0.15, -0.1) is 0 Å². The van der Waals surface area contributed by atoms with E-state index in [4.69, 9.17) is 4.74 Å². The molecule has 0 aliphatic heterocycles. The van der Waals surface area contributed by atoms with Gasteiger partial charge in [-0.05, 0) is 41.1 Å². The highest BCUT2D eigenvalue weighted by molar-refractivity contribution is 5.84. The molecular weight excluding hydrogens is 338 g/mol. The number of ether oxygens (including phenoxy) is 1. The van der Waals surface area contributed by atoms with Gasteiger partial charge < -0.3 is 14.6 Å². The second-order valence-corrected chi connectivity index (χ2v) is 6.89. The van der Waals surface area contributed by atoms with Crippen molar-refractivity contribution in [3.63, 3.8) is 0 Å². The first-order valence-electron chi connectivity index (χ1n) is 8.98. The van der Waals surface area contributed by atoms with Crippen molar-refractivity contribution in [2.75, 3.05) is 14.2 Å². The predicted octanol–water partition coefficient (Wildman–Crippen LogP) is 2.30. The first kappa shape index (κ1) is 17.2. The lowest BCUT2D eigenvalue weighted by Crippen LogP contribution is -3.06. The standard InChI is InChI=1S/C22H21N3O2/c1-25(14-21-23-20-6-4-3-5-19(20)22(26)24-21)13-15-7-8-17-12-18(27-2)10-9-16(17)11-15/h3-12H,13-14H2,1-2H3,(H,23,24,26)/p+1. The summed E-state index contributed by atoms with van der Waals surface area (Å²) in [5.74, 6) is 1.58. The average Bonchev–Trinajstić information content (AvgIpc) is 2.67. The van der Waals surface area contributed by atoms with Crippen LogP contribution in [0.2, 0.25) is 0 Å². The maximum absolute atomic E-state index is 12.2. The monoisotopic (exact) mass is 360 g/mol. The van der Waals surface area contributed by atoms with Crippen molar-refractivity contribution in [2.45, 2.75) is 13.1 Å². The Morgan fingerprint density at radius 1 is 1.00 bits per heavy atom. The number of aromatic amines is 1. The molecule has 0 aliphatic rings. The zero-order chi connectivity index (χ0) is 18.8. The van der Waals surface area contributed by atoms with Crippen molar-refractivity contribution in [2.24, 2.45) is 0 Å². The molecule has 0 saturated carbocycles. The fraction of sp³-hybridized carbons (Fsp3) is 0.182. The molecule has 0 aliphatic carbocycles. The number of H-pyrrole nitrogens is 1. The number of hydrogen-bond donors (Lipinski definition) is 2. The number of quaternary nitrogens is 1. The minimum absolute atomic E-state index is 0.0805. The number of nitrogens with one attached hydrogen (secondary N) is 2. The normalized spacial score (nSPS) is 12.4. The van der Waals surface area contributed by atoms with Crippen LogP contribution in [0.5, 0.6) is 5.75 Å². The molecule has 1 unspecified atom stereocenters. The Hall–Kier alpha value is -3.18. The Morgan fingerprint density at radius 3 is 2.63 bits per heavy atom. The van der Waals surface area contributed by atoms with Crippen LogP contribution in [-0.2, 0) is 13.1 Å². The van der Waals surface area contributed by atoms with E-state index >= 15 is 0 Å². The fourth-order valence-electron chi connectivity index (χ4n) is 3.43. The van der Waals surface area contributed by atoms with Crippen molar-refractivity contribution < 1.29 is 9.64 Å². The number of fused-ring (bicyclic) bond motifs is 2. The van der Waals surface area contributed by atoms with Gasteiger partial charge in [0.05, 0.1) is 25.1 Å². The first-order valence-corrected chi connectivity index (χ1v) is 8.98. The van der Waals surface area contributed by atoms with Gasteiger partial charge in [0.1, 0.15) is 18.8 Å². The van der Waals surface area contributed by atoms with Crippen LogP contribution in [0.15, 0.2) is 65.5 Å². The smallest absolute Gasteiger partial charge is 0.258 e. The number of rotatable bonds is 5. The molecule has 2 N–H and O–H groups in total. The molecule has 0 bridgehead atoms. The van der Waals surface area contributed by atoms with Crippen LogP contribution in [0.3, 0.4) is 0 Å². The maximum Gasteiger partial charge on any atom is 0.258 e. The Bertz CT molecular complexity index is 1170. The number of para-hydroxylation sites is 1. The number of aromatic nitrogens is 2. The molecule has 1 aromatic heterocycles. The average molecular weight is 360 g/mol. The lowest BCUT2D eigenvalue weighted by atomic mass is 10.1. The van der Waals surface area contributed by atoms with Gasteiger partial charge in [0.25, 0.3) is 5.56 Å². The minimum atomic E-state index is -0.0805. The molecule has 1 heterocycles. The molecule has 3 aromatic carbocycles. The van der Waals surface area contributed by atoms with Gasteiger partial charge in [-0.3, -0.25) is 4.79 Å². The Morgan fingerprint density at radius 2 is 1.78 bits per heavy atom. The quantitative estimate of drug-likeness (QED) is 0.574. The summed E-state index contributed by atoms with van der Waals surface area (Å²) < 4.78 is 5.28. The van der Waals surface area contributed by atoms with Crippen molar-refractivity contribution in [3.8, 4) is 5.75 Å². The van der Waals surface area contributed by atoms with Gasteiger partial charge in [0, 0.05) is 5.56 Å². The molecule has 1 atom stereocenters. The molecule has 4 aromatic rings. The predicted molar refractivity (Wildman–Crippen MR) is 107 cm³/mol. The van der Waals surface area contributed by atoms with E-state index in [1.165, 1.54) is 15.8 Å². The molecule has 0 amide bonds. The highest BCUT2D eigenvalue weighted by Gasteiger charge is 2.10. The second-order valence-electron chi connectivity index (χ2n) is 6.89. The zero-order valence-corrected chi connectivity index (χ0v) is 15.5. The molecule has 0 saturated heterocycles. The summed E-state index contributed by atoms with van der Waals surface area (Å²) in [6, 6.07) is 20.0. The molecule has 136 valence electrons. The van der Waals surface area contributed by atoms with E-state index in [1.54, 1.807) is 13.2 Å². The third-order valence-corrected chi connectivity index (χ3v) is 4.75. The molecular formula is C22H22N3O2+. The highest BCUT2D eigenvalue weighted by Crippen LogP contribution is 2.21. The fourth-order valence-corrected chi connectivity index (χ4v) is 3.43. The second kappa shape index (κ2) is 7.21. The molecule has 0 radical (unpaired) electrons. The molecule has 5 heteroatoms. The minimum Gasteiger partial charge on any atom is -0.497 e. The molecule has 5 nitrogen and oxygen atoms in total. The number of benzene rings is 3. The Balaban J connectivity index is 1.53. The van der Waals surface area contributed by atoms with Crippen LogP contribution < -0.4 is 15.2 Å².